The van der Waals surface area contributed by atoms with Gasteiger partial charge in [-0.1, -0.05) is 115 Å². The van der Waals surface area contributed by atoms with Crippen molar-refractivity contribution in [3.8, 4) is 0 Å². The maximum Gasteiger partial charge on any atom is 0.141 e. The van der Waals surface area contributed by atoms with E-state index in [4.69, 9.17) is 8.83 Å². The Morgan fingerprint density at radius 1 is 0.433 bits per heavy atom. The first-order valence-corrected chi connectivity index (χ1v) is 22.1. The number of benzene rings is 7. The first-order valence-electron chi connectivity index (χ1n) is 22.1. The lowest BCUT2D eigenvalue weighted by molar-refractivity contribution is 0.600. The fourth-order valence-corrected chi connectivity index (χ4v) is 10.6. The zero-order valence-electron chi connectivity index (χ0n) is 35.7. The van der Waals surface area contributed by atoms with Crippen molar-refractivity contribution in [2.24, 2.45) is 0 Å². The Hall–Kier alpha value is -6.26. The van der Waals surface area contributed by atoms with Gasteiger partial charge in [-0.2, -0.15) is 0 Å². The van der Waals surface area contributed by atoms with Crippen molar-refractivity contribution in [2.45, 2.75) is 90.9 Å². The van der Waals surface area contributed by atoms with Gasteiger partial charge >= 0.3 is 0 Å². The molecule has 0 bridgehead atoms. The SMILES string of the molecule is CCCCc1ccc(N2c3ccccc3C(C)(C)c3c2ccc2c3oc3cc4c(cc32)oc2c3c(ccc24)N(c2ccc(CCCC)cc2)c2ccccc2C3(C)C)cc1. The summed E-state index contributed by atoms with van der Waals surface area (Å²) in [7, 11) is 0. The Kier molecular flexibility index (Phi) is 8.36. The third-order valence-electron chi connectivity index (χ3n) is 13.8. The molecule has 0 aliphatic carbocycles. The van der Waals surface area contributed by atoms with Gasteiger partial charge < -0.3 is 18.6 Å². The molecule has 4 heteroatoms. The van der Waals surface area contributed by atoms with E-state index in [1.165, 1.54) is 70.4 Å². The van der Waals surface area contributed by atoms with Crippen LogP contribution in [0, 0.1) is 0 Å². The topological polar surface area (TPSA) is 32.8 Å². The molecule has 11 rings (SSSR count). The number of para-hydroxylation sites is 2. The van der Waals surface area contributed by atoms with Crippen LogP contribution in [0.15, 0.2) is 142 Å². The van der Waals surface area contributed by atoms with E-state index >= 15 is 0 Å². The highest BCUT2D eigenvalue weighted by Gasteiger charge is 2.41. The molecule has 2 aromatic heterocycles. The predicted molar refractivity (Wildman–Crippen MR) is 252 cm³/mol. The Balaban J connectivity index is 1.08. The van der Waals surface area contributed by atoms with E-state index in [-0.39, 0.29) is 10.8 Å². The molecule has 0 unspecified atom stereocenters. The van der Waals surface area contributed by atoms with Crippen molar-refractivity contribution in [3.05, 3.63) is 167 Å². The minimum atomic E-state index is -0.300. The summed E-state index contributed by atoms with van der Waals surface area (Å²) in [5.74, 6) is 0. The van der Waals surface area contributed by atoms with Gasteiger partial charge in [0.1, 0.15) is 22.3 Å². The summed E-state index contributed by atoms with van der Waals surface area (Å²) in [5, 5.41) is 4.37. The Labute approximate surface area is 353 Å². The molecule has 0 amide bonds. The van der Waals surface area contributed by atoms with Gasteiger partial charge in [-0.25, -0.2) is 0 Å². The van der Waals surface area contributed by atoms with Crippen LogP contribution in [0.4, 0.5) is 34.1 Å². The minimum absolute atomic E-state index is 0.300. The highest BCUT2D eigenvalue weighted by Crippen LogP contribution is 2.57. The lowest BCUT2D eigenvalue weighted by atomic mass is 9.73. The number of unbranched alkanes of at least 4 members (excludes halogenated alkanes) is 2. The zero-order valence-corrected chi connectivity index (χ0v) is 35.7. The van der Waals surface area contributed by atoms with E-state index in [1.54, 1.807) is 0 Å². The molecule has 0 saturated heterocycles. The smallest absolute Gasteiger partial charge is 0.141 e. The summed E-state index contributed by atoms with van der Waals surface area (Å²) in [4.78, 5) is 4.86. The van der Waals surface area contributed by atoms with Gasteiger partial charge in [-0.3, -0.25) is 0 Å². The van der Waals surface area contributed by atoms with Gasteiger partial charge in [0.05, 0.1) is 22.7 Å². The normalized spacial score (nSPS) is 15.1. The molecule has 2 aliphatic heterocycles. The summed E-state index contributed by atoms with van der Waals surface area (Å²) < 4.78 is 14.2. The molecule has 0 spiro atoms. The largest absolute Gasteiger partial charge is 0.456 e. The van der Waals surface area contributed by atoms with E-state index in [2.05, 4.69) is 185 Å². The number of aryl methyl sites for hydroxylation is 2. The van der Waals surface area contributed by atoms with Crippen LogP contribution < -0.4 is 9.80 Å². The third-order valence-corrected chi connectivity index (χ3v) is 13.8. The maximum atomic E-state index is 7.11. The molecule has 0 radical (unpaired) electrons. The Morgan fingerprint density at radius 3 is 1.23 bits per heavy atom. The van der Waals surface area contributed by atoms with Crippen molar-refractivity contribution in [3.63, 3.8) is 0 Å². The molecule has 0 fully saturated rings. The average molecular weight is 785 g/mol. The predicted octanol–water partition coefficient (Wildman–Crippen LogP) is 16.4. The second-order valence-corrected chi connectivity index (χ2v) is 18.2. The molecule has 0 atom stereocenters. The molecule has 7 aromatic carbocycles. The molecule has 9 aromatic rings. The zero-order chi connectivity index (χ0) is 40.9. The van der Waals surface area contributed by atoms with E-state index in [9.17, 15) is 0 Å². The molecule has 298 valence electrons. The quantitative estimate of drug-likeness (QED) is 0.154. The van der Waals surface area contributed by atoms with Gasteiger partial charge in [-0.05, 0) is 121 Å². The van der Waals surface area contributed by atoms with Crippen molar-refractivity contribution < 1.29 is 8.83 Å². The molecule has 0 saturated carbocycles. The fourth-order valence-electron chi connectivity index (χ4n) is 10.6. The van der Waals surface area contributed by atoms with Gasteiger partial charge in [-0.15, -0.1) is 0 Å². The van der Waals surface area contributed by atoms with Gasteiger partial charge in [0, 0.05) is 54.9 Å². The van der Waals surface area contributed by atoms with Crippen LogP contribution in [0.3, 0.4) is 0 Å². The summed E-state index contributed by atoms with van der Waals surface area (Å²) >= 11 is 0. The monoisotopic (exact) mass is 784 g/mol. The molecule has 4 heterocycles. The van der Waals surface area contributed by atoms with Crippen molar-refractivity contribution in [2.75, 3.05) is 9.80 Å². The van der Waals surface area contributed by atoms with E-state index < -0.39 is 0 Å². The number of furan rings is 2. The second kappa shape index (κ2) is 13.6. The van der Waals surface area contributed by atoms with Crippen molar-refractivity contribution >= 4 is 78.0 Å². The summed E-state index contributed by atoms with van der Waals surface area (Å²) in [5.41, 5.74) is 17.9. The van der Waals surface area contributed by atoms with Crippen LogP contribution in [0.25, 0.3) is 43.9 Å². The molecule has 2 aliphatic rings. The van der Waals surface area contributed by atoms with Gasteiger partial charge in [0.15, 0.2) is 0 Å². The Morgan fingerprint density at radius 2 is 0.833 bits per heavy atom. The van der Waals surface area contributed by atoms with Crippen LogP contribution in [0.5, 0.6) is 0 Å². The van der Waals surface area contributed by atoms with E-state index in [1.807, 2.05) is 0 Å². The molecule has 0 N–H and O–H groups in total. The van der Waals surface area contributed by atoms with Gasteiger partial charge in [0.2, 0.25) is 0 Å². The minimum Gasteiger partial charge on any atom is -0.456 e. The highest BCUT2D eigenvalue weighted by molar-refractivity contribution is 6.17. The molecule has 4 nitrogen and oxygen atoms in total. The fraction of sp³-hybridized carbons (Fsp3) is 0.250. The third kappa shape index (κ3) is 5.35. The molecule has 60 heavy (non-hydrogen) atoms. The molecular weight excluding hydrogens is 733 g/mol. The van der Waals surface area contributed by atoms with Crippen molar-refractivity contribution in [1.29, 1.82) is 0 Å². The van der Waals surface area contributed by atoms with Crippen LogP contribution in [-0.4, -0.2) is 0 Å². The van der Waals surface area contributed by atoms with Gasteiger partial charge in [0.25, 0.3) is 0 Å². The number of fused-ring (bicyclic) bond motifs is 12. The lowest BCUT2D eigenvalue weighted by Crippen LogP contribution is -2.30. The number of hydrogen-bond acceptors (Lipinski definition) is 4. The average Bonchev–Trinajstić information content (AvgIpc) is 3.81. The van der Waals surface area contributed by atoms with E-state index in [0.717, 1.165) is 79.5 Å². The molecular formula is C56H52N2O2. The van der Waals surface area contributed by atoms with Crippen LogP contribution in [0.1, 0.15) is 101 Å². The lowest BCUT2D eigenvalue weighted by Gasteiger charge is -2.41. The highest BCUT2D eigenvalue weighted by atomic mass is 16.3. The summed E-state index contributed by atoms with van der Waals surface area (Å²) in [6.45, 7) is 13.9. The second-order valence-electron chi connectivity index (χ2n) is 18.2. The summed E-state index contributed by atoms with van der Waals surface area (Å²) in [6.07, 6.45) is 7.01. The number of anilines is 6. The van der Waals surface area contributed by atoms with Crippen LogP contribution >= 0.6 is 0 Å². The first kappa shape index (κ1) is 36.8. The standard InChI is InChI=1S/C56H52N2O2/c1-7-9-15-35-21-25-37(26-22-35)57-45-19-13-11-17-43(45)55(3,4)51-47(57)31-29-39-41-33-50-42(34-49(41)59-53(39)51)40-30-32-48-52(54(40)60-50)56(5,6)44-18-12-14-20-46(44)58(48)38-27-23-36(24-28-38)16-10-8-2/h11-14,17-34H,7-10,15-16H2,1-6H3. The maximum absolute atomic E-state index is 7.11. The number of rotatable bonds is 8. The Bertz CT molecular complexity index is 2910. The van der Waals surface area contributed by atoms with Crippen LogP contribution in [-0.2, 0) is 23.7 Å². The first-order chi connectivity index (χ1) is 29.2. The summed E-state index contributed by atoms with van der Waals surface area (Å²) in [6, 6.07) is 49.6. The number of nitrogens with zero attached hydrogens (tertiary/aromatic N) is 2. The number of hydrogen-bond donors (Lipinski definition) is 0. The van der Waals surface area contributed by atoms with Crippen molar-refractivity contribution in [1.82, 2.24) is 0 Å². The van der Waals surface area contributed by atoms with E-state index in [0.29, 0.717) is 0 Å². The van der Waals surface area contributed by atoms with Crippen LogP contribution in [0.2, 0.25) is 0 Å².